The van der Waals surface area contributed by atoms with E-state index in [0.29, 0.717) is 36.2 Å². The van der Waals surface area contributed by atoms with Crippen LogP contribution in [0.5, 0.6) is 0 Å². The Bertz CT molecular complexity index is 853. The van der Waals surface area contributed by atoms with E-state index in [1.165, 1.54) is 37.0 Å². The van der Waals surface area contributed by atoms with Crippen LogP contribution in [-0.2, 0) is 20.2 Å². The Hall–Kier alpha value is -1.16. The summed E-state index contributed by atoms with van der Waals surface area (Å²) in [5.41, 5.74) is 0.987. The minimum Gasteiger partial charge on any atom is -0.271 e. The van der Waals surface area contributed by atoms with Crippen molar-refractivity contribution in [1.82, 2.24) is 8.61 Å². The zero-order valence-corrected chi connectivity index (χ0v) is 16.4. The molecule has 0 spiro atoms. The lowest BCUT2D eigenvalue weighted by atomic mass is 10.0. The second-order valence-corrected chi connectivity index (χ2v) is 11.0. The minimum absolute atomic E-state index is 0.0686. The van der Waals surface area contributed by atoms with Crippen molar-refractivity contribution in [2.45, 2.75) is 31.1 Å². The molecule has 1 saturated heterocycles. The number of sulfonamides is 1. The Morgan fingerprint density at radius 1 is 1.08 bits per heavy atom. The van der Waals surface area contributed by atoms with Crippen molar-refractivity contribution in [1.29, 1.82) is 0 Å². The van der Waals surface area contributed by atoms with Gasteiger partial charge in [-0.05, 0) is 49.3 Å². The van der Waals surface area contributed by atoms with E-state index in [9.17, 15) is 16.8 Å². The fourth-order valence-corrected chi connectivity index (χ4v) is 6.00. The van der Waals surface area contributed by atoms with Gasteiger partial charge in [-0.25, -0.2) is 12.7 Å². The molecule has 140 valence electrons. The van der Waals surface area contributed by atoms with Gasteiger partial charge in [0.1, 0.15) is 0 Å². The van der Waals surface area contributed by atoms with Crippen molar-refractivity contribution in [2.75, 3.05) is 31.9 Å². The number of nitrogens with zero attached hydrogens (tertiary/aromatic N) is 2. The summed E-state index contributed by atoms with van der Waals surface area (Å²) in [5, 5.41) is 0. The van der Waals surface area contributed by atoms with Crippen molar-refractivity contribution in [3.8, 4) is 0 Å². The van der Waals surface area contributed by atoms with Crippen molar-refractivity contribution < 1.29 is 16.8 Å². The van der Waals surface area contributed by atoms with Gasteiger partial charge in [-0.3, -0.25) is 4.72 Å². The molecular formula is C16H25N3O4S2. The molecule has 1 saturated carbocycles. The Labute approximate surface area is 150 Å². The number of hydrogen-bond donors (Lipinski definition) is 1. The first-order chi connectivity index (χ1) is 11.6. The molecule has 1 aromatic rings. The average molecular weight is 388 g/mol. The number of nitrogens with one attached hydrogen (secondary N) is 1. The highest BCUT2D eigenvalue weighted by Crippen LogP contribution is 2.39. The molecule has 1 N–H and O–H groups in total. The Balaban J connectivity index is 1.85. The molecule has 1 aliphatic carbocycles. The summed E-state index contributed by atoms with van der Waals surface area (Å²) in [6, 6.07) is 4.49. The first kappa shape index (κ1) is 18.6. The van der Waals surface area contributed by atoms with Crippen LogP contribution in [0.1, 0.15) is 24.8 Å². The largest absolute Gasteiger partial charge is 0.301 e. The number of aryl methyl sites for hydroxylation is 1. The van der Waals surface area contributed by atoms with E-state index in [1.807, 2.05) is 0 Å². The maximum absolute atomic E-state index is 12.7. The summed E-state index contributed by atoms with van der Waals surface area (Å²) < 4.78 is 55.2. The first-order valence-corrected chi connectivity index (χ1v) is 11.3. The van der Waals surface area contributed by atoms with E-state index in [2.05, 4.69) is 4.72 Å². The van der Waals surface area contributed by atoms with Gasteiger partial charge in [0.25, 0.3) is 0 Å². The maximum Gasteiger partial charge on any atom is 0.301 e. The van der Waals surface area contributed by atoms with Crippen LogP contribution in [0, 0.1) is 18.8 Å². The number of anilines is 1. The molecule has 1 heterocycles. The molecule has 9 heteroatoms. The predicted molar refractivity (Wildman–Crippen MR) is 97.0 cm³/mol. The average Bonchev–Trinajstić information content (AvgIpc) is 3.10. The van der Waals surface area contributed by atoms with E-state index in [4.69, 9.17) is 0 Å². The SMILES string of the molecule is Cc1ccc(S(=O)(=O)N(C)C)cc1NS(=O)(=O)N1C[C@H]2CCC[C@H]2C1. The van der Waals surface area contributed by atoms with Gasteiger partial charge in [0.05, 0.1) is 10.6 Å². The normalized spacial score (nSPS) is 24.6. The van der Waals surface area contributed by atoms with Crippen LogP contribution in [0.15, 0.2) is 23.1 Å². The molecule has 1 aromatic carbocycles. The summed E-state index contributed by atoms with van der Waals surface area (Å²) in [4.78, 5) is 0.0686. The number of hydrogen-bond acceptors (Lipinski definition) is 4. The van der Waals surface area contributed by atoms with Gasteiger partial charge in [0.2, 0.25) is 10.0 Å². The van der Waals surface area contributed by atoms with Crippen LogP contribution >= 0.6 is 0 Å². The zero-order chi connectivity index (χ0) is 18.4. The summed E-state index contributed by atoms with van der Waals surface area (Å²) in [5.74, 6) is 0.913. The van der Waals surface area contributed by atoms with Gasteiger partial charge >= 0.3 is 10.2 Å². The molecule has 0 aromatic heterocycles. The number of fused-ring (bicyclic) bond motifs is 1. The molecule has 7 nitrogen and oxygen atoms in total. The third-order valence-corrected chi connectivity index (χ3v) is 8.53. The van der Waals surface area contributed by atoms with Gasteiger partial charge in [0, 0.05) is 27.2 Å². The number of rotatable bonds is 5. The van der Waals surface area contributed by atoms with Crippen LogP contribution in [-0.4, -0.2) is 52.6 Å². The van der Waals surface area contributed by atoms with E-state index in [-0.39, 0.29) is 4.90 Å². The van der Waals surface area contributed by atoms with E-state index in [0.717, 1.165) is 17.1 Å². The second-order valence-electron chi connectivity index (χ2n) is 7.14. The highest BCUT2D eigenvalue weighted by molar-refractivity contribution is 7.90. The summed E-state index contributed by atoms with van der Waals surface area (Å²) in [6.07, 6.45) is 3.36. The van der Waals surface area contributed by atoms with Gasteiger partial charge in [-0.1, -0.05) is 12.5 Å². The summed E-state index contributed by atoms with van der Waals surface area (Å²) in [6.45, 7) is 2.85. The summed E-state index contributed by atoms with van der Waals surface area (Å²) >= 11 is 0. The molecule has 25 heavy (non-hydrogen) atoms. The monoisotopic (exact) mass is 387 g/mol. The van der Waals surface area contributed by atoms with Crippen LogP contribution in [0.25, 0.3) is 0 Å². The van der Waals surface area contributed by atoms with Crippen LogP contribution in [0.4, 0.5) is 5.69 Å². The summed E-state index contributed by atoms with van der Waals surface area (Å²) in [7, 11) is -4.41. The molecule has 0 bridgehead atoms. The predicted octanol–water partition coefficient (Wildman–Crippen LogP) is 1.63. The fraction of sp³-hybridized carbons (Fsp3) is 0.625. The number of benzene rings is 1. The second kappa shape index (κ2) is 6.53. The topological polar surface area (TPSA) is 86.8 Å². The minimum atomic E-state index is -3.69. The standard InChI is InChI=1S/C16H25N3O4S2/c1-12-7-8-15(24(20,21)18(2)3)9-16(12)17-25(22,23)19-10-13-5-4-6-14(13)11-19/h7-9,13-14,17H,4-6,10-11H2,1-3H3/t13-,14+. The third-order valence-electron chi connectivity index (χ3n) is 5.26. The fourth-order valence-electron chi connectivity index (χ4n) is 3.67. The molecule has 2 atom stereocenters. The van der Waals surface area contributed by atoms with Crippen molar-refractivity contribution in [3.05, 3.63) is 23.8 Å². The molecular weight excluding hydrogens is 362 g/mol. The molecule has 2 fully saturated rings. The third kappa shape index (κ3) is 3.55. The first-order valence-electron chi connectivity index (χ1n) is 8.42. The van der Waals surface area contributed by atoms with Crippen molar-refractivity contribution >= 4 is 25.9 Å². The highest BCUT2D eigenvalue weighted by Gasteiger charge is 2.41. The van der Waals surface area contributed by atoms with Crippen molar-refractivity contribution in [3.63, 3.8) is 0 Å². The lowest BCUT2D eigenvalue weighted by Gasteiger charge is -2.20. The Morgan fingerprint density at radius 2 is 1.68 bits per heavy atom. The van der Waals surface area contributed by atoms with E-state index in [1.54, 1.807) is 13.0 Å². The van der Waals surface area contributed by atoms with Crippen molar-refractivity contribution in [2.24, 2.45) is 11.8 Å². The Morgan fingerprint density at radius 3 is 2.24 bits per heavy atom. The van der Waals surface area contributed by atoms with Gasteiger partial charge < -0.3 is 0 Å². The lowest BCUT2D eigenvalue weighted by molar-refractivity contribution is 0.449. The smallest absolute Gasteiger partial charge is 0.271 e. The molecule has 0 radical (unpaired) electrons. The van der Waals surface area contributed by atoms with Gasteiger partial charge in [-0.2, -0.15) is 12.7 Å². The maximum atomic E-state index is 12.7. The lowest BCUT2D eigenvalue weighted by Crippen LogP contribution is -2.35. The zero-order valence-electron chi connectivity index (χ0n) is 14.8. The molecule has 3 rings (SSSR count). The highest BCUT2D eigenvalue weighted by atomic mass is 32.2. The van der Waals surface area contributed by atoms with Gasteiger partial charge in [-0.15, -0.1) is 0 Å². The molecule has 0 unspecified atom stereocenters. The molecule has 2 aliphatic rings. The Kier molecular flexibility index (Phi) is 4.87. The molecule has 0 amide bonds. The van der Waals surface area contributed by atoms with E-state index >= 15 is 0 Å². The van der Waals surface area contributed by atoms with Crippen LogP contribution < -0.4 is 4.72 Å². The molecule has 1 aliphatic heterocycles. The van der Waals surface area contributed by atoms with E-state index < -0.39 is 20.2 Å². The quantitative estimate of drug-likeness (QED) is 0.832. The van der Waals surface area contributed by atoms with Gasteiger partial charge in [0.15, 0.2) is 0 Å². The van der Waals surface area contributed by atoms with Crippen LogP contribution in [0.2, 0.25) is 0 Å². The van der Waals surface area contributed by atoms with Crippen LogP contribution in [0.3, 0.4) is 0 Å².